The van der Waals surface area contributed by atoms with Crippen molar-refractivity contribution in [3.8, 4) is 0 Å². The number of hydrogen-bond donors (Lipinski definition) is 0. The molecule has 0 aliphatic carbocycles. The van der Waals surface area contributed by atoms with Gasteiger partial charge in [0.15, 0.2) is 0 Å². The molecule has 26 heavy (non-hydrogen) atoms. The molecule has 0 radical (unpaired) electrons. The highest BCUT2D eigenvalue weighted by atomic mass is 16.2. The Morgan fingerprint density at radius 1 is 1.08 bits per heavy atom. The minimum absolute atomic E-state index is 0.0580. The molecule has 3 aromatic rings. The third-order valence-electron chi connectivity index (χ3n) is 5.68. The van der Waals surface area contributed by atoms with Gasteiger partial charge < -0.3 is 9.47 Å². The molecule has 0 saturated carbocycles. The van der Waals surface area contributed by atoms with Crippen molar-refractivity contribution in [1.82, 2.24) is 4.57 Å². The highest BCUT2D eigenvalue weighted by Gasteiger charge is 2.33. The molecule has 3 heterocycles. The molecule has 1 atom stereocenters. The fraction of sp³-hybridized carbons (Fsp3) is 0.273. The number of nitrogens with zero attached hydrogens (tertiary/aromatic N) is 2. The molecule has 0 saturated heterocycles. The fourth-order valence-electron chi connectivity index (χ4n) is 4.51. The molecular formula is C22H20N2O2. The van der Waals surface area contributed by atoms with E-state index >= 15 is 0 Å². The molecule has 1 amide bonds. The number of hydrogen-bond acceptors (Lipinski definition) is 2. The van der Waals surface area contributed by atoms with Crippen molar-refractivity contribution < 1.29 is 4.79 Å². The number of amides is 1. The Labute approximate surface area is 151 Å². The van der Waals surface area contributed by atoms with E-state index in [1.807, 2.05) is 37.3 Å². The number of benzene rings is 2. The van der Waals surface area contributed by atoms with E-state index in [0.29, 0.717) is 5.39 Å². The molecule has 2 aliphatic rings. The van der Waals surface area contributed by atoms with Crippen LogP contribution >= 0.6 is 0 Å². The third-order valence-corrected chi connectivity index (χ3v) is 5.68. The van der Waals surface area contributed by atoms with Crippen LogP contribution in [0, 0.1) is 0 Å². The van der Waals surface area contributed by atoms with E-state index < -0.39 is 0 Å². The fourth-order valence-corrected chi connectivity index (χ4v) is 4.51. The van der Waals surface area contributed by atoms with E-state index in [1.54, 1.807) is 11.1 Å². The average Bonchev–Trinajstić information content (AvgIpc) is 3.00. The number of pyridine rings is 1. The minimum atomic E-state index is -0.186. The third kappa shape index (κ3) is 2.08. The lowest BCUT2D eigenvalue weighted by Crippen LogP contribution is -2.39. The van der Waals surface area contributed by atoms with Gasteiger partial charge in [0.1, 0.15) is 5.56 Å². The zero-order valence-corrected chi connectivity index (χ0v) is 14.7. The SMILES string of the molecule is CC1Cc2ccccc2N1C(=O)c1cn2c3c(cccc3c1=O)CCC2. The van der Waals surface area contributed by atoms with Crippen LogP contribution in [0.25, 0.3) is 10.9 Å². The van der Waals surface area contributed by atoms with Crippen LogP contribution in [0.4, 0.5) is 5.69 Å². The summed E-state index contributed by atoms with van der Waals surface area (Å²) in [5.74, 6) is -0.186. The highest BCUT2D eigenvalue weighted by Crippen LogP contribution is 2.33. The van der Waals surface area contributed by atoms with Crippen molar-refractivity contribution in [2.24, 2.45) is 0 Å². The van der Waals surface area contributed by atoms with Crippen LogP contribution in [0.2, 0.25) is 0 Å². The predicted octanol–water partition coefficient (Wildman–Crippen LogP) is 3.54. The summed E-state index contributed by atoms with van der Waals surface area (Å²) in [6.45, 7) is 2.89. The quantitative estimate of drug-likeness (QED) is 0.678. The molecule has 4 nitrogen and oxygen atoms in total. The molecule has 4 heteroatoms. The first-order valence-electron chi connectivity index (χ1n) is 9.21. The molecular weight excluding hydrogens is 324 g/mol. The second-order valence-corrected chi connectivity index (χ2v) is 7.34. The second-order valence-electron chi connectivity index (χ2n) is 7.34. The highest BCUT2D eigenvalue weighted by molar-refractivity contribution is 6.09. The van der Waals surface area contributed by atoms with Gasteiger partial charge in [-0.1, -0.05) is 30.3 Å². The Morgan fingerprint density at radius 2 is 1.88 bits per heavy atom. The van der Waals surface area contributed by atoms with Gasteiger partial charge in [-0.05, 0) is 49.4 Å². The first-order chi connectivity index (χ1) is 12.6. The van der Waals surface area contributed by atoms with E-state index in [1.165, 1.54) is 5.56 Å². The predicted molar refractivity (Wildman–Crippen MR) is 103 cm³/mol. The molecule has 0 fully saturated rings. The van der Waals surface area contributed by atoms with Crippen molar-refractivity contribution in [2.75, 3.05) is 4.90 Å². The zero-order chi connectivity index (χ0) is 17.8. The molecule has 0 N–H and O–H groups in total. The smallest absolute Gasteiger partial charge is 0.264 e. The van der Waals surface area contributed by atoms with Crippen molar-refractivity contribution in [1.29, 1.82) is 0 Å². The Hall–Kier alpha value is -2.88. The molecule has 0 spiro atoms. The van der Waals surface area contributed by atoms with Gasteiger partial charge in [-0.25, -0.2) is 0 Å². The van der Waals surface area contributed by atoms with Crippen LogP contribution in [0.5, 0.6) is 0 Å². The van der Waals surface area contributed by atoms with Crippen LogP contribution in [-0.4, -0.2) is 16.5 Å². The van der Waals surface area contributed by atoms with Crippen LogP contribution in [0.1, 0.15) is 34.8 Å². The number of rotatable bonds is 1. The summed E-state index contributed by atoms with van der Waals surface area (Å²) in [7, 11) is 0. The average molecular weight is 344 g/mol. The number of aryl methyl sites for hydroxylation is 2. The lowest BCUT2D eigenvalue weighted by atomic mass is 9.99. The summed E-state index contributed by atoms with van der Waals surface area (Å²) in [5, 5.41) is 0.660. The van der Waals surface area contributed by atoms with Crippen LogP contribution in [-0.2, 0) is 19.4 Å². The first kappa shape index (κ1) is 15.4. The number of fused-ring (bicyclic) bond motifs is 1. The molecule has 1 aromatic heterocycles. The van der Waals surface area contributed by atoms with Gasteiger partial charge in [0.25, 0.3) is 5.91 Å². The maximum atomic E-state index is 13.4. The molecule has 2 aromatic carbocycles. The van der Waals surface area contributed by atoms with Crippen LogP contribution < -0.4 is 10.3 Å². The van der Waals surface area contributed by atoms with Crippen molar-refractivity contribution >= 4 is 22.5 Å². The maximum Gasteiger partial charge on any atom is 0.264 e. The minimum Gasteiger partial charge on any atom is -0.346 e. The summed E-state index contributed by atoms with van der Waals surface area (Å²) in [5.41, 5.74) is 4.41. The first-order valence-corrected chi connectivity index (χ1v) is 9.21. The van der Waals surface area contributed by atoms with Crippen LogP contribution in [0.3, 0.4) is 0 Å². The van der Waals surface area contributed by atoms with E-state index in [2.05, 4.69) is 16.7 Å². The van der Waals surface area contributed by atoms with Crippen molar-refractivity contribution in [3.63, 3.8) is 0 Å². The van der Waals surface area contributed by atoms with Gasteiger partial charge in [0, 0.05) is 29.9 Å². The van der Waals surface area contributed by atoms with Gasteiger partial charge in [0.05, 0.1) is 5.52 Å². The standard InChI is InChI=1S/C22H20N2O2/c1-14-12-16-6-2-3-10-19(16)24(14)22(26)18-13-23-11-5-8-15-7-4-9-17(20(15)23)21(18)25/h2-4,6-7,9-10,13-14H,5,8,11-12H2,1H3. The Balaban J connectivity index is 1.70. The molecule has 1 unspecified atom stereocenters. The van der Waals surface area contributed by atoms with E-state index in [0.717, 1.165) is 42.6 Å². The normalized spacial score (nSPS) is 18.2. The second kappa shape index (κ2) is 5.56. The van der Waals surface area contributed by atoms with Gasteiger partial charge in [-0.15, -0.1) is 0 Å². The Morgan fingerprint density at radius 3 is 2.77 bits per heavy atom. The Kier molecular flexibility index (Phi) is 3.29. The Bertz CT molecular complexity index is 1110. The molecule has 0 bridgehead atoms. The van der Waals surface area contributed by atoms with Gasteiger partial charge in [0.2, 0.25) is 5.43 Å². The van der Waals surface area contributed by atoms with Crippen molar-refractivity contribution in [3.05, 3.63) is 75.6 Å². The number of anilines is 1. The summed E-state index contributed by atoms with van der Waals surface area (Å²) in [4.78, 5) is 28.3. The lowest BCUT2D eigenvalue weighted by molar-refractivity contribution is 0.0980. The van der Waals surface area contributed by atoms with Gasteiger partial charge in [-0.3, -0.25) is 9.59 Å². The summed E-state index contributed by atoms with van der Waals surface area (Å²) >= 11 is 0. The topological polar surface area (TPSA) is 42.3 Å². The van der Waals surface area contributed by atoms with E-state index in [4.69, 9.17) is 0 Å². The van der Waals surface area contributed by atoms with Gasteiger partial charge in [-0.2, -0.15) is 0 Å². The zero-order valence-electron chi connectivity index (χ0n) is 14.7. The van der Waals surface area contributed by atoms with E-state index in [9.17, 15) is 9.59 Å². The lowest BCUT2D eigenvalue weighted by Gasteiger charge is -2.25. The molecule has 5 rings (SSSR count). The summed E-state index contributed by atoms with van der Waals surface area (Å²) in [6.07, 6.45) is 4.63. The molecule has 130 valence electrons. The largest absolute Gasteiger partial charge is 0.346 e. The van der Waals surface area contributed by atoms with E-state index in [-0.39, 0.29) is 22.9 Å². The number of para-hydroxylation sites is 2. The van der Waals surface area contributed by atoms with Gasteiger partial charge >= 0.3 is 0 Å². The molecule has 2 aliphatic heterocycles. The maximum absolute atomic E-state index is 13.4. The monoisotopic (exact) mass is 344 g/mol. The summed E-state index contributed by atoms with van der Waals surface area (Å²) < 4.78 is 2.09. The number of carbonyl (C=O) groups is 1. The number of carbonyl (C=O) groups excluding carboxylic acids is 1. The van der Waals surface area contributed by atoms with Crippen molar-refractivity contribution in [2.45, 2.75) is 38.8 Å². The summed E-state index contributed by atoms with van der Waals surface area (Å²) in [6, 6.07) is 13.9. The van der Waals surface area contributed by atoms with Crippen LogP contribution in [0.15, 0.2) is 53.5 Å². The number of aromatic nitrogens is 1.